The van der Waals surface area contributed by atoms with Gasteiger partial charge in [0.2, 0.25) is 10.0 Å². The summed E-state index contributed by atoms with van der Waals surface area (Å²) in [6.45, 7) is 3.73. The minimum atomic E-state index is -3.45. The molecule has 120 valence electrons. The first kappa shape index (κ1) is 16.5. The van der Waals surface area contributed by atoms with Crippen molar-refractivity contribution in [3.63, 3.8) is 0 Å². The molecule has 0 bridgehead atoms. The van der Waals surface area contributed by atoms with E-state index in [2.05, 4.69) is 22.1 Å². The summed E-state index contributed by atoms with van der Waals surface area (Å²) in [5.41, 5.74) is 0. The Hall–Kier alpha value is -0.920. The van der Waals surface area contributed by atoms with E-state index in [9.17, 15) is 8.42 Å². The number of aryl methyl sites for hydroxylation is 1. The predicted octanol–water partition coefficient (Wildman–Crippen LogP) is 1.35. The van der Waals surface area contributed by atoms with Crippen LogP contribution in [0.1, 0.15) is 39.0 Å². The molecule has 0 aromatic carbocycles. The predicted molar refractivity (Wildman–Crippen MR) is 82.5 cm³/mol. The zero-order valence-corrected chi connectivity index (χ0v) is 13.7. The highest BCUT2D eigenvalue weighted by Gasteiger charge is 2.27. The van der Waals surface area contributed by atoms with E-state index in [0.29, 0.717) is 5.92 Å². The smallest absolute Gasteiger partial charge is 0.243 e. The summed E-state index contributed by atoms with van der Waals surface area (Å²) >= 11 is 0. The maximum atomic E-state index is 12.4. The van der Waals surface area contributed by atoms with E-state index >= 15 is 0 Å². The van der Waals surface area contributed by atoms with Crippen molar-refractivity contribution in [2.24, 2.45) is 5.92 Å². The number of hydrogen-bond donors (Lipinski definition) is 2. The van der Waals surface area contributed by atoms with E-state index in [1.54, 1.807) is 10.9 Å². The molecule has 1 aliphatic carbocycles. The molecule has 2 rings (SSSR count). The topological polar surface area (TPSA) is 76.0 Å². The Kier molecular flexibility index (Phi) is 5.78. The van der Waals surface area contributed by atoms with Gasteiger partial charge in [-0.2, -0.15) is 5.10 Å². The number of rotatable bonds is 7. The summed E-state index contributed by atoms with van der Waals surface area (Å²) < 4.78 is 29.4. The molecule has 2 unspecified atom stereocenters. The summed E-state index contributed by atoms with van der Waals surface area (Å²) in [4.78, 5) is 0.268. The summed E-state index contributed by atoms with van der Waals surface area (Å²) in [5, 5.41) is 7.20. The first-order valence-electron chi connectivity index (χ1n) is 7.72. The third-order valence-electron chi connectivity index (χ3n) is 4.15. The average molecular weight is 314 g/mol. The van der Waals surface area contributed by atoms with Crippen molar-refractivity contribution in [3.05, 3.63) is 12.4 Å². The first-order chi connectivity index (χ1) is 10.0. The normalized spacial score (nSPS) is 23.3. The number of nitrogens with zero attached hydrogens (tertiary/aromatic N) is 2. The highest BCUT2D eigenvalue weighted by Crippen LogP contribution is 2.25. The maximum absolute atomic E-state index is 12.4. The molecule has 6 nitrogen and oxygen atoms in total. The lowest BCUT2D eigenvalue weighted by molar-refractivity contribution is 0.310. The second-order valence-corrected chi connectivity index (χ2v) is 7.60. The molecule has 1 aliphatic rings. The van der Waals surface area contributed by atoms with E-state index in [1.807, 2.05) is 7.05 Å². The van der Waals surface area contributed by atoms with Gasteiger partial charge in [0.05, 0.1) is 6.20 Å². The largest absolute Gasteiger partial charge is 0.320 e. The van der Waals surface area contributed by atoms with Crippen LogP contribution >= 0.6 is 0 Å². The van der Waals surface area contributed by atoms with Gasteiger partial charge in [-0.1, -0.05) is 19.8 Å². The second kappa shape index (κ2) is 7.38. The third kappa shape index (κ3) is 4.52. The van der Waals surface area contributed by atoms with Gasteiger partial charge in [0.25, 0.3) is 0 Å². The van der Waals surface area contributed by atoms with Crippen molar-refractivity contribution in [1.82, 2.24) is 19.8 Å². The van der Waals surface area contributed by atoms with E-state index in [0.717, 1.165) is 38.8 Å². The Bertz CT molecular complexity index is 541. The summed E-state index contributed by atoms with van der Waals surface area (Å²) in [6.07, 6.45) is 8.29. The average Bonchev–Trinajstić information content (AvgIpc) is 2.91. The standard InChI is InChI=1S/C14H26N4O2S/c1-12-6-3-4-7-14(12)17-21(19,20)13-10-16-18(11-13)9-5-8-15-2/h10-12,14-15,17H,3-9H2,1-2H3. The highest BCUT2D eigenvalue weighted by atomic mass is 32.2. The van der Waals surface area contributed by atoms with Crippen molar-refractivity contribution in [2.45, 2.75) is 56.5 Å². The van der Waals surface area contributed by atoms with E-state index < -0.39 is 10.0 Å². The molecule has 1 aromatic rings. The van der Waals surface area contributed by atoms with Gasteiger partial charge < -0.3 is 5.32 Å². The van der Waals surface area contributed by atoms with Crippen molar-refractivity contribution in [1.29, 1.82) is 0 Å². The van der Waals surface area contributed by atoms with Gasteiger partial charge in [-0.25, -0.2) is 13.1 Å². The number of sulfonamides is 1. The van der Waals surface area contributed by atoms with Crippen LogP contribution in [-0.4, -0.2) is 37.8 Å². The van der Waals surface area contributed by atoms with Crippen LogP contribution in [0.4, 0.5) is 0 Å². The van der Waals surface area contributed by atoms with Gasteiger partial charge in [0.15, 0.2) is 0 Å². The summed E-state index contributed by atoms with van der Waals surface area (Å²) in [5.74, 6) is 0.402. The molecule has 2 atom stereocenters. The minimum Gasteiger partial charge on any atom is -0.320 e. The van der Waals surface area contributed by atoms with Crippen molar-refractivity contribution >= 4 is 10.0 Å². The number of hydrogen-bond acceptors (Lipinski definition) is 4. The monoisotopic (exact) mass is 314 g/mol. The van der Waals surface area contributed by atoms with Crippen LogP contribution < -0.4 is 10.0 Å². The molecule has 7 heteroatoms. The lowest BCUT2D eigenvalue weighted by atomic mass is 9.87. The fraction of sp³-hybridized carbons (Fsp3) is 0.786. The Balaban J connectivity index is 1.98. The van der Waals surface area contributed by atoms with Crippen LogP contribution in [0.15, 0.2) is 17.3 Å². The van der Waals surface area contributed by atoms with E-state index in [-0.39, 0.29) is 10.9 Å². The van der Waals surface area contributed by atoms with Gasteiger partial charge >= 0.3 is 0 Å². The molecule has 0 saturated heterocycles. The molecular formula is C14H26N4O2S. The molecule has 1 heterocycles. The van der Waals surface area contributed by atoms with E-state index in [4.69, 9.17) is 0 Å². The van der Waals surface area contributed by atoms with Crippen LogP contribution in [-0.2, 0) is 16.6 Å². The second-order valence-electron chi connectivity index (χ2n) is 5.89. The van der Waals surface area contributed by atoms with Crippen molar-refractivity contribution in [2.75, 3.05) is 13.6 Å². The summed E-state index contributed by atoms with van der Waals surface area (Å²) in [6, 6.07) is 0.0522. The van der Waals surface area contributed by atoms with Crippen LogP contribution in [0.3, 0.4) is 0 Å². The number of nitrogens with one attached hydrogen (secondary N) is 2. The fourth-order valence-corrected chi connectivity index (χ4v) is 4.11. The zero-order valence-electron chi connectivity index (χ0n) is 12.9. The molecule has 0 spiro atoms. The van der Waals surface area contributed by atoms with Gasteiger partial charge in [0.1, 0.15) is 4.90 Å². The van der Waals surface area contributed by atoms with Crippen molar-refractivity contribution < 1.29 is 8.42 Å². The molecule has 0 amide bonds. The minimum absolute atomic E-state index is 0.0522. The van der Waals surface area contributed by atoms with Crippen LogP contribution in [0.25, 0.3) is 0 Å². The third-order valence-corrected chi connectivity index (χ3v) is 5.60. The van der Waals surface area contributed by atoms with Crippen molar-refractivity contribution in [3.8, 4) is 0 Å². The van der Waals surface area contributed by atoms with Gasteiger partial charge in [-0.05, 0) is 38.8 Å². The zero-order chi connectivity index (χ0) is 15.3. The highest BCUT2D eigenvalue weighted by molar-refractivity contribution is 7.89. The van der Waals surface area contributed by atoms with Crippen LogP contribution in [0.5, 0.6) is 0 Å². The molecule has 2 N–H and O–H groups in total. The SMILES string of the molecule is CNCCCn1cc(S(=O)(=O)NC2CCCCC2C)cn1. The Morgan fingerprint density at radius 3 is 2.86 bits per heavy atom. The summed E-state index contributed by atoms with van der Waals surface area (Å²) in [7, 11) is -1.55. The molecular weight excluding hydrogens is 288 g/mol. The van der Waals surface area contributed by atoms with Crippen LogP contribution in [0.2, 0.25) is 0 Å². The maximum Gasteiger partial charge on any atom is 0.243 e. The fourth-order valence-electron chi connectivity index (χ4n) is 2.78. The molecule has 1 saturated carbocycles. The number of aromatic nitrogens is 2. The first-order valence-corrected chi connectivity index (χ1v) is 9.20. The van der Waals surface area contributed by atoms with Gasteiger partial charge in [0, 0.05) is 18.8 Å². The molecule has 1 aromatic heterocycles. The molecule has 0 radical (unpaired) electrons. The Morgan fingerprint density at radius 1 is 1.38 bits per heavy atom. The van der Waals surface area contributed by atoms with E-state index in [1.165, 1.54) is 12.6 Å². The van der Waals surface area contributed by atoms with Gasteiger partial charge in [-0.15, -0.1) is 0 Å². The molecule has 0 aliphatic heterocycles. The quantitative estimate of drug-likeness (QED) is 0.745. The Labute approximate surface area is 127 Å². The molecule has 21 heavy (non-hydrogen) atoms. The lowest BCUT2D eigenvalue weighted by Gasteiger charge is -2.28. The van der Waals surface area contributed by atoms with Gasteiger partial charge in [-0.3, -0.25) is 4.68 Å². The lowest BCUT2D eigenvalue weighted by Crippen LogP contribution is -2.40. The Morgan fingerprint density at radius 2 is 2.14 bits per heavy atom. The molecule has 1 fully saturated rings. The van der Waals surface area contributed by atoms with Crippen LogP contribution in [0, 0.1) is 5.92 Å².